The molecule has 10 heteroatoms. The number of carboxylic acid groups (broad SMARTS) is 1. The highest BCUT2D eigenvalue weighted by atomic mass is 19.1. The molecule has 0 radical (unpaired) electrons. The molecule has 2 amide bonds. The summed E-state index contributed by atoms with van der Waals surface area (Å²) in [5.74, 6) is -1.37. The van der Waals surface area contributed by atoms with E-state index in [-0.39, 0.29) is 34.9 Å². The van der Waals surface area contributed by atoms with E-state index in [1.807, 2.05) is 6.07 Å². The van der Waals surface area contributed by atoms with Gasteiger partial charge in [0.15, 0.2) is 0 Å². The number of hydrogen-bond donors (Lipinski definition) is 1. The fourth-order valence-electron chi connectivity index (χ4n) is 3.61. The smallest absolute Gasteiger partial charge is 0.407 e. The largest absolute Gasteiger partial charge is 0.465 e. The Bertz CT molecular complexity index is 989. The van der Waals surface area contributed by atoms with Crippen molar-refractivity contribution in [1.29, 1.82) is 5.26 Å². The summed E-state index contributed by atoms with van der Waals surface area (Å²) in [5.41, 5.74) is 0.179. The van der Waals surface area contributed by atoms with Crippen LogP contribution in [0.3, 0.4) is 0 Å². The van der Waals surface area contributed by atoms with E-state index in [2.05, 4.69) is 10.1 Å². The van der Waals surface area contributed by atoms with Gasteiger partial charge in [-0.05, 0) is 43.9 Å². The van der Waals surface area contributed by atoms with Crippen LogP contribution in [0, 0.1) is 17.1 Å². The topological polar surface area (TPSA) is 124 Å². The summed E-state index contributed by atoms with van der Waals surface area (Å²) < 4.78 is 19.3. The lowest BCUT2D eigenvalue weighted by atomic mass is 10.0. The maximum atomic E-state index is 14.2. The van der Waals surface area contributed by atoms with E-state index in [9.17, 15) is 14.0 Å². The molecule has 9 nitrogen and oxygen atoms in total. The third-order valence-electron chi connectivity index (χ3n) is 5.25. The van der Waals surface area contributed by atoms with E-state index in [0.29, 0.717) is 25.9 Å². The molecule has 0 spiro atoms. The predicted octanol–water partition coefficient (Wildman–Crippen LogP) is 2.49. The van der Waals surface area contributed by atoms with E-state index < -0.39 is 17.8 Å². The van der Waals surface area contributed by atoms with E-state index in [0.717, 1.165) is 18.9 Å². The van der Waals surface area contributed by atoms with Crippen LogP contribution in [0.15, 0.2) is 22.7 Å². The van der Waals surface area contributed by atoms with Crippen molar-refractivity contribution in [1.82, 2.24) is 19.9 Å². The van der Waals surface area contributed by atoms with Gasteiger partial charge in [-0.15, -0.1) is 0 Å². The zero-order valence-electron chi connectivity index (χ0n) is 15.4. The molecule has 4 rings (SSSR count). The standard InChI is InChI=1S/C19H18FN5O4/c20-15-9-11(10-21)1-4-14(15)17-22-16(23-29-17)18(26)25(12-2-3-12)13-5-7-24(8-6-13)19(27)28/h1,4,9,12-13H,2-3,5-8H2,(H,27,28). The van der Waals surface area contributed by atoms with Gasteiger partial charge in [-0.2, -0.15) is 10.2 Å². The second-order valence-electron chi connectivity index (χ2n) is 7.17. The maximum absolute atomic E-state index is 14.2. The van der Waals surface area contributed by atoms with Crippen LogP contribution in [0.1, 0.15) is 41.9 Å². The Balaban J connectivity index is 1.53. The molecule has 1 aliphatic heterocycles. The van der Waals surface area contributed by atoms with E-state index in [1.54, 1.807) is 4.90 Å². The summed E-state index contributed by atoms with van der Waals surface area (Å²) in [6, 6.07) is 5.67. The SMILES string of the molecule is N#Cc1ccc(-c2nc(C(=O)N(C3CC3)C3CCN(C(=O)O)CC3)no2)c(F)c1. The molecule has 1 aliphatic carbocycles. The molecule has 1 N–H and O–H groups in total. The fraction of sp³-hybridized carbons (Fsp3) is 0.421. The Kier molecular flexibility index (Phi) is 4.88. The van der Waals surface area contributed by atoms with Crippen molar-refractivity contribution < 1.29 is 23.6 Å². The highest BCUT2D eigenvalue weighted by Crippen LogP contribution is 2.33. The van der Waals surface area contributed by atoms with Crippen molar-refractivity contribution in [2.75, 3.05) is 13.1 Å². The van der Waals surface area contributed by atoms with Crippen LogP contribution in [0.4, 0.5) is 9.18 Å². The number of nitriles is 1. The highest BCUT2D eigenvalue weighted by Gasteiger charge is 2.41. The van der Waals surface area contributed by atoms with Gasteiger partial charge in [0.25, 0.3) is 17.6 Å². The number of hydrogen-bond acceptors (Lipinski definition) is 6. The summed E-state index contributed by atoms with van der Waals surface area (Å²) in [4.78, 5) is 31.3. The zero-order chi connectivity index (χ0) is 20.5. The summed E-state index contributed by atoms with van der Waals surface area (Å²) in [7, 11) is 0. The number of likely N-dealkylation sites (tertiary alicyclic amines) is 1. The summed E-state index contributed by atoms with van der Waals surface area (Å²) >= 11 is 0. The molecule has 2 fully saturated rings. The number of rotatable bonds is 4. The first-order valence-electron chi connectivity index (χ1n) is 9.32. The minimum Gasteiger partial charge on any atom is -0.465 e. The Hall–Kier alpha value is -3.48. The van der Waals surface area contributed by atoms with Crippen LogP contribution < -0.4 is 0 Å². The predicted molar refractivity (Wildman–Crippen MR) is 96.2 cm³/mol. The summed E-state index contributed by atoms with van der Waals surface area (Å²) in [6.07, 6.45) is 1.88. The van der Waals surface area contributed by atoms with Crippen molar-refractivity contribution in [2.45, 2.75) is 37.8 Å². The number of nitrogens with zero attached hydrogens (tertiary/aromatic N) is 5. The number of halogens is 1. The lowest BCUT2D eigenvalue weighted by molar-refractivity contribution is 0.0536. The molecule has 2 aromatic rings. The van der Waals surface area contributed by atoms with Crippen molar-refractivity contribution in [3.05, 3.63) is 35.4 Å². The van der Waals surface area contributed by atoms with Crippen LogP contribution in [0.5, 0.6) is 0 Å². The second-order valence-corrected chi connectivity index (χ2v) is 7.17. The molecule has 2 heterocycles. The summed E-state index contributed by atoms with van der Waals surface area (Å²) in [5, 5.41) is 21.7. The Morgan fingerprint density at radius 3 is 2.52 bits per heavy atom. The van der Waals surface area contributed by atoms with Crippen molar-refractivity contribution in [2.24, 2.45) is 0 Å². The van der Waals surface area contributed by atoms with Gasteiger partial charge >= 0.3 is 6.09 Å². The first kappa shape index (κ1) is 18.9. The zero-order valence-corrected chi connectivity index (χ0v) is 15.4. The second kappa shape index (κ2) is 7.50. The first-order valence-corrected chi connectivity index (χ1v) is 9.32. The Morgan fingerprint density at radius 2 is 1.93 bits per heavy atom. The maximum Gasteiger partial charge on any atom is 0.407 e. The Morgan fingerprint density at radius 1 is 1.24 bits per heavy atom. The van der Waals surface area contributed by atoms with Gasteiger partial charge < -0.3 is 19.4 Å². The van der Waals surface area contributed by atoms with Crippen LogP contribution in [0.2, 0.25) is 0 Å². The third kappa shape index (κ3) is 3.76. The minimum absolute atomic E-state index is 0.0169. The van der Waals surface area contributed by atoms with Crippen molar-refractivity contribution >= 4 is 12.0 Å². The number of carbonyl (C=O) groups is 2. The molecule has 1 saturated heterocycles. The molecule has 1 saturated carbocycles. The molecule has 0 unspecified atom stereocenters. The average molecular weight is 399 g/mol. The van der Waals surface area contributed by atoms with E-state index >= 15 is 0 Å². The summed E-state index contributed by atoms with van der Waals surface area (Å²) in [6.45, 7) is 0.731. The molecule has 2 aliphatic rings. The van der Waals surface area contributed by atoms with Crippen LogP contribution in [0.25, 0.3) is 11.5 Å². The van der Waals surface area contributed by atoms with E-state index in [1.165, 1.54) is 17.0 Å². The van der Waals surface area contributed by atoms with Gasteiger partial charge in [0.1, 0.15) is 5.82 Å². The van der Waals surface area contributed by atoms with E-state index in [4.69, 9.17) is 14.9 Å². The first-order chi connectivity index (χ1) is 14.0. The number of benzene rings is 1. The number of piperidine rings is 1. The van der Waals surface area contributed by atoms with Gasteiger partial charge in [-0.25, -0.2) is 9.18 Å². The van der Waals surface area contributed by atoms with Crippen molar-refractivity contribution in [3.8, 4) is 17.5 Å². The van der Waals surface area contributed by atoms with Gasteiger partial charge in [0.2, 0.25) is 0 Å². The lowest BCUT2D eigenvalue weighted by Gasteiger charge is -2.37. The van der Waals surface area contributed by atoms with Crippen LogP contribution in [-0.4, -0.2) is 62.2 Å². The normalized spacial score (nSPS) is 17.0. The lowest BCUT2D eigenvalue weighted by Crippen LogP contribution is -2.49. The third-order valence-corrected chi connectivity index (χ3v) is 5.25. The van der Waals surface area contributed by atoms with Crippen molar-refractivity contribution in [3.63, 3.8) is 0 Å². The van der Waals surface area contributed by atoms with Crippen LogP contribution in [-0.2, 0) is 0 Å². The quantitative estimate of drug-likeness (QED) is 0.837. The highest BCUT2D eigenvalue weighted by molar-refractivity contribution is 5.91. The molecule has 29 heavy (non-hydrogen) atoms. The number of aromatic nitrogens is 2. The molecule has 1 aromatic heterocycles. The molecule has 0 atom stereocenters. The minimum atomic E-state index is -0.958. The van der Waals surface area contributed by atoms with Gasteiger partial charge in [0.05, 0.1) is 17.2 Å². The molecule has 150 valence electrons. The van der Waals surface area contributed by atoms with Gasteiger partial charge in [-0.1, -0.05) is 5.16 Å². The number of carbonyl (C=O) groups excluding carboxylic acids is 1. The average Bonchev–Trinajstić information content (AvgIpc) is 3.43. The number of amides is 2. The molecule has 1 aromatic carbocycles. The monoisotopic (exact) mass is 399 g/mol. The van der Waals surface area contributed by atoms with Crippen LogP contribution >= 0.6 is 0 Å². The van der Waals surface area contributed by atoms with Gasteiger partial charge in [-0.3, -0.25) is 4.79 Å². The molecular formula is C19H18FN5O4. The van der Waals surface area contributed by atoms with Gasteiger partial charge in [0, 0.05) is 25.2 Å². The molecular weight excluding hydrogens is 381 g/mol. The Labute approximate surface area is 165 Å². The molecule has 0 bridgehead atoms. The fourth-order valence-corrected chi connectivity index (χ4v) is 3.61.